The summed E-state index contributed by atoms with van der Waals surface area (Å²) in [6.07, 6.45) is 7.94. The highest BCUT2D eigenvalue weighted by molar-refractivity contribution is 6.42. The summed E-state index contributed by atoms with van der Waals surface area (Å²) in [5.41, 5.74) is 3.25. The molecule has 1 saturated carbocycles. The van der Waals surface area contributed by atoms with Gasteiger partial charge in [-0.1, -0.05) is 79.9 Å². The molecule has 0 spiro atoms. The number of ketones is 1. The number of nitrogens with zero attached hydrogens (tertiary/aromatic N) is 1. The van der Waals surface area contributed by atoms with Crippen molar-refractivity contribution in [1.29, 1.82) is 0 Å². The van der Waals surface area contributed by atoms with Gasteiger partial charge in [0.25, 0.3) is 5.91 Å². The van der Waals surface area contributed by atoms with Crippen LogP contribution in [0.3, 0.4) is 0 Å². The van der Waals surface area contributed by atoms with Gasteiger partial charge in [-0.15, -0.1) is 0 Å². The van der Waals surface area contributed by atoms with Crippen molar-refractivity contribution in [1.82, 2.24) is 10.3 Å². The molecule has 1 aliphatic carbocycles. The van der Waals surface area contributed by atoms with Gasteiger partial charge in [-0.25, -0.2) is 0 Å². The average Bonchev–Trinajstić information content (AvgIpc) is 2.83. The molecular formula is C26H26N2O2. The number of nitrogens with one attached hydrogen (secondary N) is 1. The maximum Gasteiger partial charge on any atom is 0.293 e. The van der Waals surface area contributed by atoms with E-state index in [-0.39, 0.29) is 0 Å². The molecule has 2 aromatic carbocycles. The Morgan fingerprint density at radius 3 is 2.20 bits per heavy atom. The van der Waals surface area contributed by atoms with Crippen LogP contribution in [0.5, 0.6) is 0 Å². The number of pyridine rings is 1. The van der Waals surface area contributed by atoms with Crippen LogP contribution in [0.15, 0.2) is 79.0 Å². The maximum atomic E-state index is 12.8. The van der Waals surface area contributed by atoms with Gasteiger partial charge in [-0.2, -0.15) is 0 Å². The second kappa shape index (κ2) is 9.49. The molecule has 0 aliphatic heterocycles. The molecule has 1 heterocycles. The number of Topliss-reactive ketones (excluding diaryl/α,β-unsaturated/α-hetero) is 1. The number of hydrogen-bond acceptors (Lipinski definition) is 3. The van der Waals surface area contributed by atoms with Crippen molar-refractivity contribution in [3.05, 3.63) is 101 Å². The van der Waals surface area contributed by atoms with Gasteiger partial charge in [0.1, 0.15) is 0 Å². The molecule has 30 heavy (non-hydrogen) atoms. The van der Waals surface area contributed by atoms with Crippen LogP contribution < -0.4 is 5.32 Å². The van der Waals surface area contributed by atoms with Crippen LogP contribution in [0, 0.1) is 0 Å². The summed E-state index contributed by atoms with van der Waals surface area (Å²) in [7, 11) is 0. The largest absolute Gasteiger partial charge is 0.337 e. The molecule has 1 N–H and O–H groups in total. The Labute approximate surface area is 177 Å². The van der Waals surface area contributed by atoms with Gasteiger partial charge in [-0.3, -0.25) is 14.6 Å². The lowest BCUT2D eigenvalue weighted by Gasteiger charge is -2.22. The molecular weight excluding hydrogens is 372 g/mol. The highest BCUT2D eigenvalue weighted by Crippen LogP contribution is 2.32. The highest BCUT2D eigenvalue weighted by Gasteiger charge is 2.23. The number of aromatic nitrogens is 1. The summed E-state index contributed by atoms with van der Waals surface area (Å²) in [5.74, 6) is -0.578. The summed E-state index contributed by atoms with van der Waals surface area (Å²) in [5, 5.41) is 2.87. The first-order valence-electron chi connectivity index (χ1n) is 10.6. The van der Waals surface area contributed by atoms with Crippen LogP contribution in [-0.4, -0.2) is 16.7 Å². The van der Waals surface area contributed by atoms with Gasteiger partial charge in [0.2, 0.25) is 5.78 Å². The zero-order chi connectivity index (χ0) is 20.8. The molecule has 1 atom stereocenters. The van der Waals surface area contributed by atoms with Gasteiger partial charge in [0, 0.05) is 11.8 Å². The third kappa shape index (κ3) is 4.65. The Bertz CT molecular complexity index is 939. The van der Waals surface area contributed by atoms with Crippen molar-refractivity contribution in [3.8, 4) is 0 Å². The molecule has 1 unspecified atom stereocenters. The maximum absolute atomic E-state index is 12.8. The Balaban J connectivity index is 1.50. The highest BCUT2D eigenvalue weighted by atomic mass is 16.2. The monoisotopic (exact) mass is 398 g/mol. The quantitative estimate of drug-likeness (QED) is 0.458. The van der Waals surface area contributed by atoms with Crippen molar-refractivity contribution in [2.75, 3.05) is 0 Å². The van der Waals surface area contributed by atoms with E-state index in [4.69, 9.17) is 0 Å². The number of carbonyl (C=O) groups is 2. The predicted molar refractivity (Wildman–Crippen MR) is 117 cm³/mol. The summed E-state index contributed by atoms with van der Waals surface area (Å²) in [6.45, 7) is 0. The fraction of sp³-hybridized carbons (Fsp3) is 0.269. The minimum absolute atomic E-state index is 0.417. The van der Waals surface area contributed by atoms with Gasteiger partial charge < -0.3 is 5.32 Å². The summed E-state index contributed by atoms with van der Waals surface area (Å²) in [4.78, 5) is 30.0. The minimum atomic E-state index is -0.625. The summed E-state index contributed by atoms with van der Waals surface area (Å²) in [6, 6.07) is 22.2. The molecule has 0 radical (unpaired) electrons. The van der Waals surface area contributed by atoms with E-state index in [0.29, 0.717) is 17.2 Å². The second-order valence-electron chi connectivity index (χ2n) is 7.86. The van der Waals surface area contributed by atoms with Crippen LogP contribution in [0.1, 0.15) is 71.2 Å². The van der Waals surface area contributed by atoms with E-state index < -0.39 is 17.7 Å². The average molecular weight is 399 g/mol. The summed E-state index contributed by atoms with van der Waals surface area (Å²) < 4.78 is 0. The van der Waals surface area contributed by atoms with Gasteiger partial charge >= 0.3 is 0 Å². The first kappa shape index (κ1) is 20.0. The van der Waals surface area contributed by atoms with E-state index in [1.807, 2.05) is 60.7 Å². The SMILES string of the molecule is O=C(NC(c1ccccc1)c1ccccn1)C(=O)c1ccc(C2CCCCC2)cc1. The zero-order valence-corrected chi connectivity index (χ0v) is 17.0. The number of benzene rings is 2. The molecule has 0 saturated heterocycles. The van der Waals surface area contributed by atoms with E-state index in [9.17, 15) is 9.59 Å². The first-order chi connectivity index (χ1) is 14.7. The van der Waals surface area contributed by atoms with Crippen LogP contribution in [-0.2, 0) is 4.79 Å². The lowest BCUT2D eigenvalue weighted by atomic mass is 9.84. The molecule has 4 heteroatoms. The van der Waals surface area contributed by atoms with Crippen molar-refractivity contribution in [2.24, 2.45) is 0 Å². The number of rotatable bonds is 6. The molecule has 1 amide bonds. The fourth-order valence-electron chi connectivity index (χ4n) is 4.19. The van der Waals surface area contributed by atoms with Gasteiger partial charge in [-0.05, 0) is 42.0 Å². The zero-order valence-electron chi connectivity index (χ0n) is 17.0. The van der Waals surface area contributed by atoms with Crippen molar-refractivity contribution in [3.63, 3.8) is 0 Å². The van der Waals surface area contributed by atoms with Gasteiger partial charge in [0.05, 0.1) is 11.7 Å². The Morgan fingerprint density at radius 2 is 1.53 bits per heavy atom. The van der Waals surface area contributed by atoms with Crippen molar-refractivity contribution in [2.45, 2.75) is 44.1 Å². The van der Waals surface area contributed by atoms with Crippen molar-refractivity contribution < 1.29 is 9.59 Å². The Hall–Kier alpha value is -3.27. The van der Waals surface area contributed by atoms with Crippen LogP contribution in [0.2, 0.25) is 0 Å². The van der Waals surface area contributed by atoms with Crippen LogP contribution in [0.25, 0.3) is 0 Å². The Kier molecular flexibility index (Phi) is 6.33. The van der Waals surface area contributed by atoms with E-state index in [0.717, 1.165) is 5.56 Å². The smallest absolute Gasteiger partial charge is 0.293 e. The molecule has 1 aromatic heterocycles. The van der Waals surface area contributed by atoms with E-state index in [2.05, 4.69) is 10.3 Å². The molecule has 152 valence electrons. The van der Waals surface area contributed by atoms with E-state index in [1.165, 1.54) is 37.7 Å². The topological polar surface area (TPSA) is 59.1 Å². The number of carbonyl (C=O) groups excluding carboxylic acids is 2. The predicted octanol–water partition coefficient (Wildman–Crippen LogP) is 5.22. The molecule has 1 aliphatic rings. The molecule has 0 bridgehead atoms. The molecule has 1 fully saturated rings. The summed E-state index contributed by atoms with van der Waals surface area (Å²) >= 11 is 0. The number of amides is 1. The van der Waals surface area contributed by atoms with E-state index >= 15 is 0 Å². The Morgan fingerprint density at radius 1 is 0.833 bits per heavy atom. The third-order valence-electron chi connectivity index (χ3n) is 5.85. The first-order valence-corrected chi connectivity index (χ1v) is 10.6. The van der Waals surface area contributed by atoms with Crippen molar-refractivity contribution >= 4 is 11.7 Å². The number of hydrogen-bond donors (Lipinski definition) is 1. The lowest BCUT2D eigenvalue weighted by molar-refractivity contribution is -0.117. The fourth-order valence-corrected chi connectivity index (χ4v) is 4.19. The molecule has 3 aromatic rings. The third-order valence-corrected chi connectivity index (χ3v) is 5.85. The van der Waals surface area contributed by atoms with Crippen LogP contribution >= 0.6 is 0 Å². The lowest BCUT2D eigenvalue weighted by Crippen LogP contribution is -2.35. The standard InChI is InChI=1S/C26H26N2O2/c29-25(22-16-14-20(15-17-22)19-9-3-1-4-10-19)26(30)28-24(21-11-5-2-6-12-21)23-13-7-8-18-27-23/h2,5-8,11-19,24H,1,3-4,9-10H2,(H,28,30). The van der Waals surface area contributed by atoms with Gasteiger partial charge in [0.15, 0.2) is 0 Å². The minimum Gasteiger partial charge on any atom is -0.337 e. The van der Waals surface area contributed by atoms with E-state index in [1.54, 1.807) is 18.3 Å². The molecule has 4 rings (SSSR count). The normalized spacial score (nSPS) is 15.3. The van der Waals surface area contributed by atoms with Crippen LogP contribution in [0.4, 0.5) is 0 Å². The molecule has 4 nitrogen and oxygen atoms in total. The second-order valence-corrected chi connectivity index (χ2v) is 7.86.